The third kappa shape index (κ3) is 5.53. The number of piperazine rings is 1. The number of nitrogens with two attached hydrogens (primary N) is 1. The molecule has 1 aliphatic heterocycles. The van der Waals surface area contributed by atoms with Crippen LogP contribution >= 0.6 is 36.4 Å². The Hall–Kier alpha value is -2.02. The molecule has 1 saturated heterocycles. The fraction of sp³-hybridized carbons (Fsp3) is 0.350. The molecule has 1 amide bonds. The number of ether oxygens (including phenoxy) is 2. The zero-order valence-electron chi connectivity index (χ0n) is 16.4. The van der Waals surface area contributed by atoms with Crippen LogP contribution in [0.2, 0.25) is 5.02 Å². The standard InChI is InChI=1S/C20H24ClN3O3.2ClH/c1-3-27-18-7-5-4-6-17(18)23-8-10-24(11-9-23)20(25)14-12-15(21)16(22)13-19(14)26-2;;/h4-7,12-13H,3,8-11,22H2,1-2H3;2*1H. The van der Waals surface area contributed by atoms with Crippen molar-refractivity contribution in [1.29, 1.82) is 0 Å². The molecule has 9 heteroatoms. The summed E-state index contributed by atoms with van der Waals surface area (Å²) in [6.07, 6.45) is 0. The van der Waals surface area contributed by atoms with E-state index in [2.05, 4.69) is 4.90 Å². The number of hydrogen-bond donors (Lipinski definition) is 1. The summed E-state index contributed by atoms with van der Waals surface area (Å²) in [5, 5.41) is 0.350. The van der Waals surface area contributed by atoms with E-state index in [0.29, 0.717) is 41.7 Å². The van der Waals surface area contributed by atoms with Crippen molar-refractivity contribution in [2.45, 2.75) is 6.92 Å². The Morgan fingerprint density at radius 1 is 1.10 bits per heavy atom. The second-order valence-corrected chi connectivity index (χ2v) is 6.66. The average Bonchev–Trinajstić information content (AvgIpc) is 2.70. The highest BCUT2D eigenvalue weighted by Crippen LogP contribution is 2.31. The normalized spacial score (nSPS) is 13.2. The third-order valence-corrected chi connectivity index (χ3v) is 4.95. The molecule has 0 aliphatic carbocycles. The van der Waals surface area contributed by atoms with Crippen LogP contribution in [0.5, 0.6) is 11.5 Å². The van der Waals surface area contributed by atoms with Gasteiger partial charge in [0.2, 0.25) is 0 Å². The molecule has 2 aromatic rings. The number of amides is 1. The number of rotatable bonds is 5. The highest BCUT2D eigenvalue weighted by Gasteiger charge is 2.26. The van der Waals surface area contributed by atoms with Crippen molar-refractivity contribution in [2.24, 2.45) is 0 Å². The van der Waals surface area contributed by atoms with Crippen LogP contribution in [0, 0.1) is 0 Å². The van der Waals surface area contributed by atoms with Gasteiger partial charge in [0.15, 0.2) is 0 Å². The number of anilines is 2. The minimum atomic E-state index is -0.105. The predicted octanol–water partition coefficient (Wildman–Crippen LogP) is 4.14. The smallest absolute Gasteiger partial charge is 0.257 e. The average molecular weight is 463 g/mol. The zero-order valence-corrected chi connectivity index (χ0v) is 18.8. The van der Waals surface area contributed by atoms with Gasteiger partial charge in [-0.2, -0.15) is 0 Å². The number of halogens is 3. The summed E-state index contributed by atoms with van der Waals surface area (Å²) in [5.74, 6) is 1.20. The van der Waals surface area contributed by atoms with Gasteiger partial charge in [-0.05, 0) is 25.1 Å². The van der Waals surface area contributed by atoms with Crippen molar-refractivity contribution in [1.82, 2.24) is 4.90 Å². The highest BCUT2D eigenvalue weighted by atomic mass is 35.5. The first kappa shape index (κ1) is 25.0. The zero-order chi connectivity index (χ0) is 19.4. The van der Waals surface area contributed by atoms with Crippen molar-refractivity contribution in [3.63, 3.8) is 0 Å². The number of carbonyl (C=O) groups excluding carboxylic acids is 1. The fourth-order valence-electron chi connectivity index (χ4n) is 3.22. The molecule has 0 atom stereocenters. The lowest BCUT2D eigenvalue weighted by molar-refractivity contribution is 0.0743. The summed E-state index contributed by atoms with van der Waals surface area (Å²) in [7, 11) is 1.52. The van der Waals surface area contributed by atoms with Crippen molar-refractivity contribution in [3.8, 4) is 11.5 Å². The van der Waals surface area contributed by atoms with Gasteiger partial charge in [-0.15, -0.1) is 24.8 Å². The number of benzene rings is 2. The van der Waals surface area contributed by atoms with E-state index in [4.69, 9.17) is 26.8 Å². The van der Waals surface area contributed by atoms with E-state index in [-0.39, 0.29) is 30.7 Å². The second-order valence-electron chi connectivity index (χ2n) is 6.25. The van der Waals surface area contributed by atoms with Crippen LogP contribution in [0.25, 0.3) is 0 Å². The summed E-state index contributed by atoms with van der Waals surface area (Å²) in [5.41, 5.74) is 7.69. The molecule has 160 valence electrons. The Labute approximate surface area is 188 Å². The Morgan fingerprint density at radius 3 is 2.38 bits per heavy atom. The van der Waals surface area contributed by atoms with Crippen molar-refractivity contribution in [2.75, 3.05) is 50.5 Å². The molecule has 0 unspecified atom stereocenters. The quantitative estimate of drug-likeness (QED) is 0.677. The van der Waals surface area contributed by atoms with Crippen LogP contribution in [-0.4, -0.2) is 50.7 Å². The molecule has 1 heterocycles. The molecule has 3 rings (SSSR count). The molecule has 0 spiro atoms. The van der Waals surface area contributed by atoms with Gasteiger partial charge in [0.25, 0.3) is 5.91 Å². The monoisotopic (exact) mass is 461 g/mol. The van der Waals surface area contributed by atoms with Crippen LogP contribution in [-0.2, 0) is 0 Å². The maximum atomic E-state index is 13.0. The maximum Gasteiger partial charge on any atom is 0.257 e. The summed E-state index contributed by atoms with van der Waals surface area (Å²) in [6.45, 7) is 5.24. The van der Waals surface area contributed by atoms with Gasteiger partial charge in [0, 0.05) is 32.2 Å². The number of carbonyl (C=O) groups is 1. The topological polar surface area (TPSA) is 68.0 Å². The van der Waals surface area contributed by atoms with E-state index >= 15 is 0 Å². The van der Waals surface area contributed by atoms with Crippen LogP contribution in [0.4, 0.5) is 11.4 Å². The summed E-state index contributed by atoms with van der Waals surface area (Å²) in [4.78, 5) is 17.0. The first-order valence-electron chi connectivity index (χ1n) is 8.94. The highest BCUT2D eigenvalue weighted by molar-refractivity contribution is 6.33. The first-order chi connectivity index (χ1) is 13.0. The summed E-state index contributed by atoms with van der Waals surface area (Å²) in [6, 6.07) is 11.1. The van der Waals surface area contributed by atoms with Gasteiger partial charge in [0.1, 0.15) is 11.5 Å². The molecular formula is C20H26Cl3N3O3. The predicted molar refractivity (Wildman–Crippen MR) is 123 cm³/mol. The molecule has 0 saturated carbocycles. The Balaban J connectivity index is 0.00000210. The summed E-state index contributed by atoms with van der Waals surface area (Å²) >= 11 is 6.10. The molecule has 0 bridgehead atoms. The van der Waals surface area contributed by atoms with E-state index in [1.165, 1.54) is 7.11 Å². The molecule has 2 aromatic carbocycles. The van der Waals surface area contributed by atoms with E-state index in [0.717, 1.165) is 24.5 Å². The second kappa shape index (κ2) is 11.2. The molecule has 1 fully saturated rings. The Bertz CT molecular complexity index is 828. The van der Waals surface area contributed by atoms with Gasteiger partial charge in [0.05, 0.1) is 35.7 Å². The van der Waals surface area contributed by atoms with Gasteiger partial charge in [-0.1, -0.05) is 23.7 Å². The third-order valence-electron chi connectivity index (χ3n) is 4.62. The first-order valence-corrected chi connectivity index (χ1v) is 9.32. The Kier molecular flexibility index (Phi) is 9.70. The van der Waals surface area contributed by atoms with E-state index in [9.17, 15) is 4.79 Å². The van der Waals surface area contributed by atoms with Crippen LogP contribution in [0.1, 0.15) is 17.3 Å². The molecule has 2 N–H and O–H groups in total. The van der Waals surface area contributed by atoms with Crippen molar-refractivity contribution < 1.29 is 14.3 Å². The number of methoxy groups -OCH3 is 1. The van der Waals surface area contributed by atoms with E-state index in [1.54, 1.807) is 12.1 Å². The minimum Gasteiger partial charge on any atom is -0.496 e. The van der Waals surface area contributed by atoms with Gasteiger partial charge in [-0.25, -0.2) is 0 Å². The van der Waals surface area contributed by atoms with E-state index in [1.807, 2.05) is 36.1 Å². The van der Waals surface area contributed by atoms with Crippen molar-refractivity contribution in [3.05, 3.63) is 47.0 Å². The Morgan fingerprint density at radius 2 is 1.76 bits per heavy atom. The molecule has 1 aliphatic rings. The molecular weight excluding hydrogens is 437 g/mol. The largest absolute Gasteiger partial charge is 0.496 e. The number of para-hydroxylation sites is 2. The lowest BCUT2D eigenvalue weighted by Gasteiger charge is -2.37. The lowest BCUT2D eigenvalue weighted by atomic mass is 10.1. The maximum absolute atomic E-state index is 13.0. The fourth-order valence-corrected chi connectivity index (χ4v) is 3.39. The van der Waals surface area contributed by atoms with Crippen molar-refractivity contribution >= 4 is 53.7 Å². The summed E-state index contributed by atoms with van der Waals surface area (Å²) < 4.78 is 11.0. The number of nitrogens with zero attached hydrogens (tertiary/aromatic N) is 2. The molecule has 29 heavy (non-hydrogen) atoms. The molecule has 6 nitrogen and oxygen atoms in total. The minimum absolute atomic E-state index is 0. The lowest BCUT2D eigenvalue weighted by Crippen LogP contribution is -2.49. The number of hydrogen-bond acceptors (Lipinski definition) is 5. The van der Waals surface area contributed by atoms with Crippen LogP contribution in [0.3, 0.4) is 0 Å². The van der Waals surface area contributed by atoms with Crippen LogP contribution < -0.4 is 20.1 Å². The molecule has 0 radical (unpaired) electrons. The number of nitrogen functional groups attached to an aromatic ring is 1. The molecule has 0 aromatic heterocycles. The van der Waals surface area contributed by atoms with Crippen LogP contribution in [0.15, 0.2) is 36.4 Å². The SMILES string of the molecule is CCOc1ccccc1N1CCN(C(=O)c2cc(Cl)c(N)cc2OC)CC1.Cl.Cl. The van der Waals surface area contributed by atoms with Gasteiger partial charge >= 0.3 is 0 Å². The van der Waals surface area contributed by atoms with Gasteiger partial charge in [-0.3, -0.25) is 4.79 Å². The van der Waals surface area contributed by atoms with Gasteiger partial charge < -0.3 is 25.0 Å². The van der Waals surface area contributed by atoms with E-state index < -0.39 is 0 Å².